The summed E-state index contributed by atoms with van der Waals surface area (Å²) in [6.45, 7) is 1.68. The molecular weight excluding hydrogens is 336 g/mol. The number of benzene rings is 1. The SMILES string of the molecule is NC(=O)c1ccc(Oc2ccc(CCNCc3nccs3)cc2)nc1. The molecule has 3 aromatic rings. The monoisotopic (exact) mass is 354 g/mol. The van der Waals surface area contributed by atoms with E-state index in [9.17, 15) is 4.79 Å². The van der Waals surface area contributed by atoms with Crippen molar-refractivity contribution in [2.24, 2.45) is 5.73 Å². The Balaban J connectivity index is 1.47. The van der Waals surface area contributed by atoms with Crippen molar-refractivity contribution in [1.82, 2.24) is 15.3 Å². The van der Waals surface area contributed by atoms with Crippen LogP contribution in [0.3, 0.4) is 0 Å². The molecule has 128 valence electrons. The second kappa shape index (κ2) is 8.36. The zero-order chi connectivity index (χ0) is 17.5. The van der Waals surface area contributed by atoms with E-state index in [1.165, 1.54) is 11.8 Å². The van der Waals surface area contributed by atoms with Crippen molar-refractivity contribution in [3.8, 4) is 11.6 Å². The van der Waals surface area contributed by atoms with Gasteiger partial charge in [-0.15, -0.1) is 11.3 Å². The number of nitrogens with one attached hydrogen (secondary N) is 1. The average Bonchev–Trinajstić information content (AvgIpc) is 3.14. The number of hydrogen-bond acceptors (Lipinski definition) is 6. The highest BCUT2D eigenvalue weighted by Gasteiger charge is 2.03. The van der Waals surface area contributed by atoms with Gasteiger partial charge in [0.25, 0.3) is 0 Å². The van der Waals surface area contributed by atoms with Gasteiger partial charge < -0.3 is 15.8 Å². The molecule has 0 aliphatic carbocycles. The third-order valence-corrected chi connectivity index (χ3v) is 4.30. The maximum Gasteiger partial charge on any atom is 0.250 e. The third-order valence-electron chi connectivity index (χ3n) is 3.52. The molecule has 0 aliphatic heterocycles. The van der Waals surface area contributed by atoms with Crippen LogP contribution in [0.15, 0.2) is 54.2 Å². The summed E-state index contributed by atoms with van der Waals surface area (Å²) in [5.41, 5.74) is 6.76. The molecule has 3 N–H and O–H groups in total. The maximum absolute atomic E-state index is 11.0. The number of ether oxygens (including phenoxy) is 1. The fourth-order valence-corrected chi connectivity index (χ4v) is 2.79. The number of primary amides is 1. The first-order chi connectivity index (χ1) is 12.2. The number of thiazole rings is 1. The van der Waals surface area contributed by atoms with Gasteiger partial charge in [0.05, 0.1) is 5.56 Å². The average molecular weight is 354 g/mol. The van der Waals surface area contributed by atoms with Gasteiger partial charge in [-0.3, -0.25) is 4.79 Å². The van der Waals surface area contributed by atoms with E-state index in [0.717, 1.165) is 24.5 Å². The fourth-order valence-electron chi connectivity index (χ4n) is 2.20. The molecule has 0 aliphatic rings. The number of nitrogens with two attached hydrogens (primary N) is 1. The van der Waals surface area contributed by atoms with Crippen LogP contribution in [0.25, 0.3) is 0 Å². The van der Waals surface area contributed by atoms with Crippen LogP contribution in [0.4, 0.5) is 0 Å². The van der Waals surface area contributed by atoms with Gasteiger partial charge in [0.2, 0.25) is 11.8 Å². The molecule has 0 saturated carbocycles. The van der Waals surface area contributed by atoms with Gasteiger partial charge in [-0.2, -0.15) is 0 Å². The number of aromatic nitrogens is 2. The zero-order valence-electron chi connectivity index (χ0n) is 13.5. The fraction of sp³-hybridized carbons (Fsp3) is 0.167. The van der Waals surface area contributed by atoms with Crippen LogP contribution in [-0.2, 0) is 13.0 Å². The maximum atomic E-state index is 11.0. The molecule has 25 heavy (non-hydrogen) atoms. The minimum atomic E-state index is -0.508. The standard InChI is InChI=1S/C18H18N4O2S/c19-18(23)14-3-6-16(22-11-14)24-15-4-1-13(2-5-15)7-8-20-12-17-21-9-10-25-17/h1-6,9-11,20H,7-8,12H2,(H2,19,23). The predicted octanol–water partition coefficient (Wildman–Crippen LogP) is 2.76. The summed E-state index contributed by atoms with van der Waals surface area (Å²) < 4.78 is 5.66. The molecule has 0 fully saturated rings. The minimum absolute atomic E-state index is 0.355. The second-order valence-corrected chi connectivity index (χ2v) is 6.33. The Morgan fingerprint density at radius 2 is 2.00 bits per heavy atom. The van der Waals surface area contributed by atoms with Gasteiger partial charge >= 0.3 is 0 Å². The van der Waals surface area contributed by atoms with E-state index < -0.39 is 5.91 Å². The Bertz CT molecular complexity index is 802. The zero-order valence-corrected chi connectivity index (χ0v) is 14.3. The Hall–Kier alpha value is -2.77. The molecule has 6 nitrogen and oxygen atoms in total. The smallest absolute Gasteiger partial charge is 0.250 e. The topological polar surface area (TPSA) is 90.1 Å². The van der Waals surface area contributed by atoms with Crippen molar-refractivity contribution in [3.05, 3.63) is 70.3 Å². The van der Waals surface area contributed by atoms with Crippen molar-refractivity contribution < 1.29 is 9.53 Å². The number of rotatable bonds is 8. The van der Waals surface area contributed by atoms with Crippen molar-refractivity contribution in [1.29, 1.82) is 0 Å². The third kappa shape index (κ3) is 5.10. The van der Waals surface area contributed by atoms with E-state index in [2.05, 4.69) is 15.3 Å². The predicted molar refractivity (Wildman–Crippen MR) is 96.8 cm³/mol. The molecule has 7 heteroatoms. The van der Waals surface area contributed by atoms with Crippen LogP contribution in [0.2, 0.25) is 0 Å². The minimum Gasteiger partial charge on any atom is -0.439 e. The molecule has 0 radical (unpaired) electrons. The molecular formula is C18H18N4O2S. The van der Waals surface area contributed by atoms with Crippen molar-refractivity contribution in [3.63, 3.8) is 0 Å². The van der Waals surface area contributed by atoms with Crippen molar-refractivity contribution in [2.75, 3.05) is 6.54 Å². The first kappa shape index (κ1) is 17.1. The molecule has 0 bridgehead atoms. The summed E-state index contributed by atoms with van der Waals surface area (Å²) in [5, 5.41) is 6.45. The lowest BCUT2D eigenvalue weighted by Crippen LogP contribution is -2.16. The number of hydrogen-bond donors (Lipinski definition) is 2. The summed E-state index contributed by atoms with van der Waals surface area (Å²) >= 11 is 1.65. The highest BCUT2D eigenvalue weighted by atomic mass is 32.1. The normalized spacial score (nSPS) is 10.6. The molecule has 0 atom stereocenters. The quantitative estimate of drug-likeness (QED) is 0.607. The Kier molecular flexibility index (Phi) is 5.71. The lowest BCUT2D eigenvalue weighted by atomic mass is 10.1. The molecule has 2 heterocycles. The van der Waals surface area contributed by atoms with E-state index in [0.29, 0.717) is 17.2 Å². The molecule has 0 spiro atoms. The highest BCUT2D eigenvalue weighted by molar-refractivity contribution is 7.09. The van der Waals surface area contributed by atoms with Gasteiger partial charge in [-0.05, 0) is 36.7 Å². The number of pyridine rings is 1. The number of carbonyl (C=O) groups excluding carboxylic acids is 1. The molecule has 3 rings (SSSR count). The summed E-state index contributed by atoms with van der Waals surface area (Å²) in [6, 6.07) is 11.1. The van der Waals surface area contributed by atoms with Crippen LogP contribution < -0.4 is 15.8 Å². The van der Waals surface area contributed by atoms with E-state index in [1.807, 2.05) is 35.8 Å². The summed E-state index contributed by atoms with van der Waals surface area (Å²) in [6.07, 6.45) is 4.15. The molecule has 0 unspecified atom stereocenters. The number of carbonyl (C=O) groups is 1. The van der Waals surface area contributed by atoms with E-state index >= 15 is 0 Å². The van der Waals surface area contributed by atoms with Gasteiger partial charge in [-0.1, -0.05) is 12.1 Å². The summed E-state index contributed by atoms with van der Waals surface area (Å²) in [4.78, 5) is 19.3. The Morgan fingerprint density at radius 1 is 1.16 bits per heavy atom. The van der Waals surface area contributed by atoms with E-state index in [-0.39, 0.29) is 0 Å². The lowest BCUT2D eigenvalue weighted by Gasteiger charge is -2.07. The van der Waals surface area contributed by atoms with Crippen LogP contribution >= 0.6 is 11.3 Å². The van der Waals surface area contributed by atoms with Crippen molar-refractivity contribution >= 4 is 17.2 Å². The van der Waals surface area contributed by atoms with Crippen molar-refractivity contribution in [2.45, 2.75) is 13.0 Å². The largest absolute Gasteiger partial charge is 0.439 e. The summed E-state index contributed by atoms with van der Waals surface area (Å²) in [7, 11) is 0. The van der Waals surface area contributed by atoms with Crippen LogP contribution in [0, 0.1) is 0 Å². The first-order valence-electron chi connectivity index (χ1n) is 7.82. The van der Waals surface area contributed by atoms with Gasteiger partial charge in [-0.25, -0.2) is 9.97 Å². The van der Waals surface area contributed by atoms with E-state index in [4.69, 9.17) is 10.5 Å². The summed E-state index contributed by atoms with van der Waals surface area (Å²) in [5.74, 6) is 0.605. The Labute approximate surface area is 149 Å². The molecule has 1 aromatic carbocycles. The number of nitrogens with zero attached hydrogens (tertiary/aromatic N) is 2. The van der Waals surface area contributed by atoms with Gasteiger partial charge in [0.15, 0.2) is 0 Å². The molecule has 0 saturated heterocycles. The number of amides is 1. The second-order valence-electron chi connectivity index (χ2n) is 5.35. The van der Waals surface area contributed by atoms with Gasteiger partial charge in [0, 0.05) is 30.4 Å². The van der Waals surface area contributed by atoms with Gasteiger partial charge in [0.1, 0.15) is 10.8 Å². The van der Waals surface area contributed by atoms with Crippen LogP contribution in [0.5, 0.6) is 11.6 Å². The molecule has 1 amide bonds. The Morgan fingerprint density at radius 3 is 2.64 bits per heavy atom. The van der Waals surface area contributed by atoms with Crippen LogP contribution in [-0.4, -0.2) is 22.4 Å². The molecule has 2 aromatic heterocycles. The highest BCUT2D eigenvalue weighted by Crippen LogP contribution is 2.20. The lowest BCUT2D eigenvalue weighted by molar-refractivity contribution is 0.1000. The van der Waals surface area contributed by atoms with E-state index in [1.54, 1.807) is 23.5 Å². The van der Waals surface area contributed by atoms with Crippen LogP contribution in [0.1, 0.15) is 20.9 Å². The first-order valence-corrected chi connectivity index (χ1v) is 8.70.